The Balaban J connectivity index is 0.981. The van der Waals surface area contributed by atoms with Gasteiger partial charge in [0.05, 0.1) is 30.2 Å². The van der Waals surface area contributed by atoms with Crippen molar-refractivity contribution in [2.45, 2.75) is 57.0 Å². The third kappa shape index (κ3) is 11.5. The first-order chi connectivity index (χ1) is 26.6. The van der Waals surface area contributed by atoms with Crippen LogP contribution >= 0.6 is 0 Å². The summed E-state index contributed by atoms with van der Waals surface area (Å²) in [5, 5.41) is 24.2. The van der Waals surface area contributed by atoms with Gasteiger partial charge in [-0.2, -0.15) is 18.4 Å². The summed E-state index contributed by atoms with van der Waals surface area (Å²) >= 11 is 0. The van der Waals surface area contributed by atoms with E-state index in [1.807, 2.05) is 36.4 Å². The van der Waals surface area contributed by atoms with Crippen molar-refractivity contribution in [2.24, 2.45) is 0 Å². The van der Waals surface area contributed by atoms with Crippen molar-refractivity contribution in [3.8, 4) is 17.6 Å². The van der Waals surface area contributed by atoms with Gasteiger partial charge < -0.3 is 29.7 Å². The number of carbonyl (C=O) groups is 4. The number of piperidine rings is 1. The van der Waals surface area contributed by atoms with Crippen LogP contribution in [0.2, 0.25) is 0 Å². The van der Waals surface area contributed by atoms with Crippen LogP contribution in [0.4, 0.5) is 18.9 Å². The molecule has 2 aliphatic heterocycles. The minimum atomic E-state index is -4.79. The highest BCUT2D eigenvalue weighted by molar-refractivity contribution is 6.01. The second-order valence-corrected chi connectivity index (χ2v) is 14.1. The first-order valence-corrected chi connectivity index (χ1v) is 18.2. The molecule has 298 valence electrons. The number of likely N-dealkylation sites (N-methyl/N-ethyl adjacent to an activating group) is 1. The van der Waals surface area contributed by atoms with Crippen LogP contribution in [0.1, 0.15) is 48.4 Å². The molecule has 3 aromatic rings. The average Bonchev–Trinajstić information content (AvgIpc) is 3.16. The summed E-state index contributed by atoms with van der Waals surface area (Å²) in [5.74, 6) is -0.878. The Morgan fingerprint density at radius 3 is 2.38 bits per heavy atom. The zero-order valence-electron chi connectivity index (χ0n) is 31.2. The van der Waals surface area contributed by atoms with E-state index in [0.717, 1.165) is 68.9 Å². The molecule has 4 amide bonds. The third-order valence-corrected chi connectivity index (χ3v) is 9.72. The van der Waals surface area contributed by atoms with Crippen LogP contribution < -0.4 is 20.1 Å². The topological polar surface area (TPSA) is 165 Å². The van der Waals surface area contributed by atoms with E-state index < -0.39 is 47.4 Å². The Bertz CT molecular complexity index is 1920. The van der Waals surface area contributed by atoms with Gasteiger partial charge in [0.2, 0.25) is 17.7 Å². The molecule has 0 bridgehead atoms. The molecule has 0 saturated carbocycles. The van der Waals surface area contributed by atoms with Crippen LogP contribution in [0.3, 0.4) is 0 Å². The van der Waals surface area contributed by atoms with Crippen molar-refractivity contribution in [2.75, 3.05) is 58.3 Å². The van der Waals surface area contributed by atoms with Crippen LogP contribution in [0.5, 0.6) is 11.5 Å². The fourth-order valence-electron chi connectivity index (χ4n) is 6.38. The molecule has 5 rings (SSSR count). The van der Waals surface area contributed by atoms with Crippen molar-refractivity contribution in [1.29, 1.82) is 5.26 Å². The smallest absolute Gasteiger partial charge is 0.417 e. The maximum absolute atomic E-state index is 13.3. The molecule has 2 fully saturated rings. The number of amides is 4. The number of alkyl halides is 3. The number of anilines is 1. The molecule has 16 heteroatoms. The number of carbonyl (C=O) groups excluding carboxylic acids is 4. The summed E-state index contributed by atoms with van der Waals surface area (Å²) in [7, 11) is 1.58. The molecule has 3 N–H and O–H groups in total. The fourth-order valence-corrected chi connectivity index (χ4v) is 6.38. The number of piperazine rings is 1. The number of hydrogen-bond acceptors (Lipinski definition) is 10. The van der Waals surface area contributed by atoms with E-state index in [4.69, 9.17) is 14.7 Å². The normalized spacial score (nSPS) is 17.6. The van der Waals surface area contributed by atoms with E-state index in [2.05, 4.69) is 20.4 Å². The molecule has 3 aromatic carbocycles. The van der Waals surface area contributed by atoms with Gasteiger partial charge in [-0.25, -0.2) is 0 Å². The van der Waals surface area contributed by atoms with E-state index >= 15 is 0 Å². The number of nitrogens with zero attached hydrogens (tertiary/aromatic N) is 4. The van der Waals surface area contributed by atoms with Crippen molar-refractivity contribution in [3.63, 3.8) is 0 Å². The van der Waals surface area contributed by atoms with Gasteiger partial charge in [0.1, 0.15) is 24.1 Å². The summed E-state index contributed by atoms with van der Waals surface area (Å²) in [6.45, 7) is 6.41. The average molecular weight is 779 g/mol. The lowest BCUT2D eigenvalue weighted by atomic mass is 10.0. The standard InChI is InChI=1S/C40H45F3N6O7/c1-39(54,38(53)45-30-10-9-29(24-44)33(23-30)40(41,42)43)26-56-31-11-7-27(8-12-31)25-49-18-16-48(17-19-49)15-4-20-55-32-6-3-5-28(21-32)22-36(51)47(2)34-13-14-35(50)46-37(34)52/h3,5-12,21,23,34,54H,4,13-20,22,25-26H2,1-2H3,(H,45,53)(H,46,50,52). The van der Waals surface area contributed by atoms with Crippen molar-refractivity contribution in [3.05, 3.63) is 89.0 Å². The van der Waals surface area contributed by atoms with Gasteiger partial charge in [0.15, 0.2) is 5.60 Å². The molecule has 2 heterocycles. The van der Waals surface area contributed by atoms with Gasteiger partial charge in [-0.05, 0) is 73.4 Å². The highest BCUT2D eigenvalue weighted by Gasteiger charge is 2.36. The number of nitrogens with one attached hydrogen (secondary N) is 2. The van der Waals surface area contributed by atoms with E-state index in [9.17, 15) is 37.5 Å². The number of nitriles is 1. The lowest BCUT2D eigenvalue weighted by Gasteiger charge is -2.34. The van der Waals surface area contributed by atoms with Gasteiger partial charge in [0, 0.05) is 58.4 Å². The number of benzene rings is 3. The first kappa shape index (κ1) is 41.7. The van der Waals surface area contributed by atoms with Crippen molar-refractivity contribution in [1.82, 2.24) is 20.0 Å². The molecule has 0 radical (unpaired) electrons. The minimum absolute atomic E-state index is 0.113. The van der Waals surface area contributed by atoms with Crippen LogP contribution in [0.25, 0.3) is 0 Å². The molecule has 2 aliphatic rings. The zero-order chi connectivity index (χ0) is 40.5. The third-order valence-electron chi connectivity index (χ3n) is 9.72. The largest absolute Gasteiger partial charge is 0.494 e. The molecule has 56 heavy (non-hydrogen) atoms. The van der Waals surface area contributed by atoms with Crippen LogP contribution in [0, 0.1) is 11.3 Å². The van der Waals surface area contributed by atoms with E-state index in [-0.39, 0.29) is 30.3 Å². The van der Waals surface area contributed by atoms with Gasteiger partial charge in [-0.1, -0.05) is 24.3 Å². The van der Waals surface area contributed by atoms with Gasteiger partial charge in [-0.3, -0.25) is 29.4 Å². The van der Waals surface area contributed by atoms with Crippen LogP contribution in [-0.2, 0) is 38.3 Å². The van der Waals surface area contributed by atoms with Crippen LogP contribution in [0.15, 0.2) is 66.7 Å². The number of imide groups is 1. The Labute approximate surface area is 322 Å². The lowest BCUT2D eigenvalue weighted by molar-refractivity contribution is -0.144. The molecule has 2 atom stereocenters. The Hall–Kier alpha value is -5.50. The fraction of sp³-hybridized carbons (Fsp3) is 0.425. The molecule has 0 spiro atoms. The Kier molecular flexibility index (Phi) is 13.7. The van der Waals surface area contributed by atoms with Gasteiger partial charge in [0.25, 0.3) is 5.91 Å². The predicted molar refractivity (Wildman–Crippen MR) is 198 cm³/mol. The van der Waals surface area contributed by atoms with Gasteiger partial charge >= 0.3 is 6.18 Å². The lowest BCUT2D eigenvalue weighted by Crippen LogP contribution is -2.53. The monoisotopic (exact) mass is 778 g/mol. The zero-order valence-corrected chi connectivity index (χ0v) is 31.2. The van der Waals surface area contributed by atoms with E-state index in [1.165, 1.54) is 17.9 Å². The maximum Gasteiger partial charge on any atom is 0.417 e. The number of halogens is 3. The van der Waals surface area contributed by atoms with E-state index in [1.54, 1.807) is 19.2 Å². The first-order valence-electron chi connectivity index (χ1n) is 18.2. The molecular formula is C40H45F3N6O7. The summed E-state index contributed by atoms with van der Waals surface area (Å²) in [6.07, 6.45) is -3.34. The molecule has 0 aliphatic carbocycles. The maximum atomic E-state index is 13.3. The highest BCUT2D eigenvalue weighted by atomic mass is 19.4. The SMILES string of the molecule is CN(C(=O)Cc1cccc(OCCCN2CCN(Cc3ccc(OCC(C)(O)C(=O)Nc4ccc(C#N)c(C(F)(F)F)c4)cc3)CC2)c1)C1CCC(=O)NC1=O. The summed E-state index contributed by atoms with van der Waals surface area (Å²) in [4.78, 5) is 55.2. The Morgan fingerprint density at radius 2 is 1.70 bits per heavy atom. The minimum Gasteiger partial charge on any atom is -0.494 e. The van der Waals surface area contributed by atoms with Crippen molar-refractivity contribution >= 4 is 29.3 Å². The second kappa shape index (κ2) is 18.4. The molecule has 2 unspecified atom stereocenters. The second-order valence-electron chi connectivity index (χ2n) is 14.1. The quantitative estimate of drug-likeness (QED) is 0.153. The number of rotatable bonds is 15. The van der Waals surface area contributed by atoms with Crippen molar-refractivity contribution < 1.29 is 46.9 Å². The van der Waals surface area contributed by atoms with E-state index in [0.29, 0.717) is 30.6 Å². The summed E-state index contributed by atoms with van der Waals surface area (Å²) in [6, 6.07) is 18.2. The molecule has 0 aromatic heterocycles. The summed E-state index contributed by atoms with van der Waals surface area (Å²) in [5.41, 5.74) is -2.23. The van der Waals surface area contributed by atoms with Crippen LogP contribution in [-0.4, -0.2) is 108 Å². The molecule has 13 nitrogen and oxygen atoms in total. The number of ether oxygens (including phenoxy) is 2. The highest BCUT2D eigenvalue weighted by Crippen LogP contribution is 2.34. The summed E-state index contributed by atoms with van der Waals surface area (Å²) < 4.78 is 51.5. The molecular weight excluding hydrogens is 733 g/mol. The Morgan fingerprint density at radius 1 is 0.982 bits per heavy atom. The predicted octanol–water partition coefficient (Wildman–Crippen LogP) is 3.74. The number of aliphatic hydroxyl groups is 1. The number of hydrogen-bond donors (Lipinski definition) is 3. The van der Waals surface area contributed by atoms with Gasteiger partial charge in [-0.15, -0.1) is 0 Å². The molecule has 2 saturated heterocycles.